The van der Waals surface area contributed by atoms with E-state index < -0.39 is 17.7 Å². The summed E-state index contributed by atoms with van der Waals surface area (Å²) in [6.07, 6.45) is 3.50. The van der Waals surface area contributed by atoms with Gasteiger partial charge in [0.15, 0.2) is 11.5 Å². The zero-order chi connectivity index (χ0) is 18.7. The van der Waals surface area contributed by atoms with Crippen LogP contribution in [-0.4, -0.2) is 33.8 Å². The van der Waals surface area contributed by atoms with Crippen LogP contribution in [0, 0.1) is 0 Å². The number of Topliss-reactive ketones (excluding diaryl/α,β-unsaturated/α-hetero) is 1. The molecule has 0 saturated heterocycles. The molecule has 6 heteroatoms. The van der Waals surface area contributed by atoms with Gasteiger partial charge in [-0.15, -0.1) is 0 Å². The van der Waals surface area contributed by atoms with E-state index in [9.17, 15) is 14.7 Å². The molecule has 1 amide bonds. The van der Waals surface area contributed by atoms with Gasteiger partial charge in [0, 0.05) is 30.9 Å². The van der Waals surface area contributed by atoms with Crippen LogP contribution in [0.5, 0.6) is 5.75 Å². The van der Waals surface area contributed by atoms with Gasteiger partial charge in [-0.2, -0.15) is 0 Å². The molecule has 0 radical (unpaired) electrons. The van der Waals surface area contributed by atoms with Crippen LogP contribution in [0.1, 0.15) is 30.5 Å². The molecule has 2 heterocycles. The number of benzene rings is 1. The molecule has 1 N–H and O–H groups in total. The van der Waals surface area contributed by atoms with Crippen LogP contribution < -0.4 is 4.74 Å². The summed E-state index contributed by atoms with van der Waals surface area (Å²) in [5, 5.41) is 10.4. The maximum absolute atomic E-state index is 12.7. The molecule has 1 aliphatic rings. The van der Waals surface area contributed by atoms with Crippen LogP contribution >= 0.6 is 0 Å². The first-order valence-corrected chi connectivity index (χ1v) is 8.37. The number of hydrogen-bond acceptors (Lipinski definition) is 5. The molecule has 1 unspecified atom stereocenters. The van der Waals surface area contributed by atoms with Crippen LogP contribution in [0.3, 0.4) is 0 Å². The summed E-state index contributed by atoms with van der Waals surface area (Å²) in [4.78, 5) is 30.8. The van der Waals surface area contributed by atoms with Gasteiger partial charge < -0.3 is 14.7 Å². The summed E-state index contributed by atoms with van der Waals surface area (Å²) in [6.45, 7) is 1.93. The van der Waals surface area contributed by atoms with Crippen LogP contribution in [0.25, 0.3) is 0 Å². The van der Waals surface area contributed by atoms with Crippen LogP contribution in [0.4, 0.5) is 0 Å². The number of carbonyl (C=O) groups is 2. The van der Waals surface area contributed by atoms with Crippen LogP contribution in [0.2, 0.25) is 0 Å². The lowest BCUT2D eigenvalue weighted by Crippen LogP contribution is -2.31. The van der Waals surface area contributed by atoms with Crippen molar-refractivity contribution in [1.29, 1.82) is 0 Å². The highest BCUT2D eigenvalue weighted by atomic mass is 16.5. The summed E-state index contributed by atoms with van der Waals surface area (Å²) in [5.41, 5.74) is 1.58. The number of nitrogens with zero attached hydrogens (tertiary/aromatic N) is 2. The predicted octanol–water partition coefficient (Wildman–Crippen LogP) is 2.96. The molecule has 1 aromatic heterocycles. The van der Waals surface area contributed by atoms with E-state index >= 15 is 0 Å². The molecule has 1 aromatic carbocycles. The molecule has 0 spiro atoms. The zero-order valence-corrected chi connectivity index (χ0v) is 14.7. The molecular formula is C20H20N2O4. The lowest BCUT2D eigenvalue weighted by Gasteiger charge is -2.27. The van der Waals surface area contributed by atoms with Crippen molar-refractivity contribution in [2.75, 3.05) is 7.11 Å². The Balaban J connectivity index is 2.11. The summed E-state index contributed by atoms with van der Waals surface area (Å²) in [6, 6.07) is 10.1. The quantitative estimate of drug-likeness (QED) is 0.864. The fraction of sp³-hybridized carbons (Fsp3) is 0.250. The summed E-state index contributed by atoms with van der Waals surface area (Å²) in [7, 11) is 1.53. The van der Waals surface area contributed by atoms with Crippen molar-refractivity contribution in [1.82, 2.24) is 9.88 Å². The van der Waals surface area contributed by atoms with Crippen molar-refractivity contribution in [3.05, 3.63) is 71.3 Å². The Morgan fingerprint density at radius 2 is 2.04 bits per heavy atom. The van der Waals surface area contributed by atoms with Gasteiger partial charge in [0.1, 0.15) is 5.75 Å². The fourth-order valence-corrected chi connectivity index (χ4v) is 3.20. The SMILES string of the molecule is CCC(=O)C1=C(O)C(=O)N(Cc2cccnc2)C1c1ccccc1OC. The number of rotatable bonds is 6. The molecule has 134 valence electrons. The van der Waals surface area contributed by atoms with E-state index in [4.69, 9.17) is 4.74 Å². The van der Waals surface area contributed by atoms with Gasteiger partial charge in [-0.3, -0.25) is 14.6 Å². The monoisotopic (exact) mass is 352 g/mol. The summed E-state index contributed by atoms with van der Waals surface area (Å²) < 4.78 is 5.42. The number of methoxy groups -OCH3 is 1. The molecule has 0 fully saturated rings. The Hall–Kier alpha value is -3.15. The highest BCUT2D eigenvalue weighted by molar-refractivity contribution is 6.08. The number of ether oxygens (including phenoxy) is 1. The topological polar surface area (TPSA) is 79.7 Å². The minimum Gasteiger partial charge on any atom is -0.503 e. The third kappa shape index (κ3) is 3.06. The number of hydrogen-bond donors (Lipinski definition) is 1. The van der Waals surface area contributed by atoms with Gasteiger partial charge in [-0.05, 0) is 17.7 Å². The maximum Gasteiger partial charge on any atom is 0.290 e. The number of aliphatic hydroxyl groups excluding tert-OH is 1. The second-order valence-corrected chi connectivity index (χ2v) is 5.98. The number of pyridine rings is 1. The summed E-state index contributed by atoms with van der Waals surface area (Å²) >= 11 is 0. The Morgan fingerprint density at radius 3 is 2.69 bits per heavy atom. The second kappa shape index (κ2) is 7.39. The van der Waals surface area contributed by atoms with Crippen LogP contribution in [0.15, 0.2) is 60.1 Å². The molecule has 1 atom stereocenters. The van der Waals surface area contributed by atoms with Gasteiger partial charge in [-0.1, -0.05) is 31.2 Å². The van der Waals surface area contributed by atoms with Crippen molar-refractivity contribution in [3.8, 4) is 5.75 Å². The van der Waals surface area contributed by atoms with Crippen molar-refractivity contribution in [2.24, 2.45) is 0 Å². The normalized spacial score (nSPS) is 16.9. The Bertz CT molecular complexity index is 861. The molecule has 3 rings (SSSR count). The van der Waals surface area contributed by atoms with E-state index in [0.717, 1.165) is 5.56 Å². The smallest absolute Gasteiger partial charge is 0.290 e. The van der Waals surface area contributed by atoms with Crippen molar-refractivity contribution in [2.45, 2.75) is 25.9 Å². The van der Waals surface area contributed by atoms with E-state index in [1.54, 1.807) is 37.5 Å². The Kier molecular flexibility index (Phi) is 5.02. The van der Waals surface area contributed by atoms with Gasteiger partial charge in [-0.25, -0.2) is 0 Å². The van der Waals surface area contributed by atoms with Gasteiger partial charge in [0.05, 0.1) is 18.7 Å². The van der Waals surface area contributed by atoms with E-state index in [2.05, 4.69) is 4.98 Å². The molecule has 0 bridgehead atoms. The minimum atomic E-state index is -0.702. The third-order valence-electron chi connectivity index (χ3n) is 4.43. The number of para-hydroxylation sites is 1. The second-order valence-electron chi connectivity index (χ2n) is 5.98. The number of ketones is 1. The fourth-order valence-electron chi connectivity index (χ4n) is 3.20. The molecule has 0 aliphatic carbocycles. The molecule has 2 aromatic rings. The zero-order valence-electron chi connectivity index (χ0n) is 14.7. The highest BCUT2D eigenvalue weighted by Gasteiger charge is 2.43. The Labute approximate surface area is 151 Å². The first-order chi connectivity index (χ1) is 12.6. The lowest BCUT2D eigenvalue weighted by atomic mass is 9.94. The van der Waals surface area contributed by atoms with Crippen molar-refractivity contribution < 1.29 is 19.4 Å². The largest absolute Gasteiger partial charge is 0.503 e. The minimum absolute atomic E-state index is 0.117. The molecule has 0 saturated carbocycles. The predicted molar refractivity (Wildman–Crippen MR) is 95.5 cm³/mol. The average molecular weight is 352 g/mol. The van der Waals surface area contributed by atoms with E-state index in [0.29, 0.717) is 11.3 Å². The highest BCUT2D eigenvalue weighted by Crippen LogP contribution is 2.42. The van der Waals surface area contributed by atoms with Crippen molar-refractivity contribution >= 4 is 11.7 Å². The van der Waals surface area contributed by atoms with Gasteiger partial charge in [0.25, 0.3) is 5.91 Å². The number of aromatic nitrogens is 1. The number of aliphatic hydroxyl groups is 1. The lowest BCUT2D eigenvalue weighted by molar-refractivity contribution is -0.130. The number of carbonyl (C=O) groups excluding carboxylic acids is 2. The Morgan fingerprint density at radius 1 is 1.27 bits per heavy atom. The molecule has 26 heavy (non-hydrogen) atoms. The average Bonchev–Trinajstić information content (AvgIpc) is 2.93. The first-order valence-electron chi connectivity index (χ1n) is 8.37. The van der Waals surface area contributed by atoms with Gasteiger partial charge in [0.2, 0.25) is 0 Å². The standard InChI is InChI=1S/C20H20N2O4/c1-3-15(23)17-18(14-8-4-5-9-16(14)26-2)22(20(25)19(17)24)12-13-7-6-10-21-11-13/h4-11,18,24H,3,12H2,1-2H3. The maximum atomic E-state index is 12.7. The molecule has 6 nitrogen and oxygen atoms in total. The first kappa shape index (κ1) is 17.7. The van der Waals surface area contributed by atoms with E-state index in [-0.39, 0.29) is 24.3 Å². The van der Waals surface area contributed by atoms with E-state index in [1.165, 1.54) is 12.0 Å². The number of amides is 1. The summed E-state index contributed by atoms with van der Waals surface area (Å²) in [5.74, 6) is -0.767. The van der Waals surface area contributed by atoms with Crippen LogP contribution in [-0.2, 0) is 16.1 Å². The van der Waals surface area contributed by atoms with E-state index in [1.807, 2.05) is 18.2 Å². The molecular weight excluding hydrogens is 332 g/mol. The molecule has 1 aliphatic heterocycles. The van der Waals surface area contributed by atoms with Crippen molar-refractivity contribution in [3.63, 3.8) is 0 Å². The third-order valence-corrected chi connectivity index (χ3v) is 4.43. The van der Waals surface area contributed by atoms with Gasteiger partial charge >= 0.3 is 0 Å².